The Kier molecular flexibility index (Phi) is 5.28. The number of hydrogen-bond donors (Lipinski definition) is 0. The van der Waals surface area contributed by atoms with Gasteiger partial charge in [0.1, 0.15) is 10.8 Å². The topological polar surface area (TPSA) is 39.2 Å². The predicted molar refractivity (Wildman–Crippen MR) is 71.3 cm³/mol. The van der Waals surface area contributed by atoms with Gasteiger partial charge in [0.15, 0.2) is 0 Å². The molecule has 5 heteroatoms. The molecule has 1 aromatic heterocycles. The zero-order valence-corrected chi connectivity index (χ0v) is 11.8. The van der Waals surface area contributed by atoms with Crippen LogP contribution in [0.1, 0.15) is 26.3 Å². The van der Waals surface area contributed by atoms with E-state index in [0.29, 0.717) is 10.9 Å². The van der Waals surface area contributed by atoms with Gasteiger partial charge in [-0.3, -0.25) is 4.79 Å². The number of ether oxygens (including phenoxy) is 1. The second kappa shape index (κ2) is 6.26. The molecule has 0 N–H and O–H groups in total. The highest BCUT2D eigenvalue weighted by atomic mass is 35.5. The van der Waals surface area contributed by atoms with Gasteiger partial charge < -0.3 is 4.74 Å². The Morgan fingerprint density at radius 1 is 1.47 bits per heavy atom. The summed E-state index contributed by atoms with van der Waals surface area (Å²) >= 11 is 7.18. The van der Waals surface area contributed by atoms with Crippen LogP contribution in [0, 0.1) is 0 Å². The largest absolute Gasteiger partial charge is 0.459 e. The van der Waals surface area contributed by atoms with Gasteiger partial charge in [-0.1, -0.05) is 17.7 Å². The normalized spacial score (nSPS) is 11.3. The second-order valence-electron chi connectivity index (χ2n) is 4.57. The van der Waals surface area contributed by atoms with Crippen molar-refractivity contribution in [2.75, 3.05) is 5.75 Å². The molecular weight excluding hydrogens is 258 g/mol. The summed E-state index contributed by atoms with van der Waals surface area (Å²) in [7, 11) is 0. The maximum Gasteiger partial charge on any atom is 0.316 e. The van der Waals surface area contributed by atoms with Crippen molar-refractivity contribution in [1.29, 1.82) is 0 Å². The Morgan fingerprint density at radius 2 is 2.18 bits per heavy atom. The van der Waals surface area contributed by atoms with Crippen molar-refractivity contribution in [2.45, 2.75) is 32.1 Å². The van der Waals surface area contributed by atoms with Gasteiger partial charge in [-0.05, 0) is 32.4 Å². The third-order valence-corrected chi connectivity index (χ3v) is 2.90. The van der Waals surface area contributed by atoms with Gasteiger partial charge in [0.2, 0.25) is 0 Å². The maximum atomic E-state index is 11.4. The summed E-state index contributed by atoms with van der Waals surface area (Å²) in [6, 6.07) is 3.64. The van der Waals surface area contributed by atoms with E-state index in [4.69, 9.17) is 16.3 Å². The average Bonchev–Trinajstić information content (AvgIpc) is 2.18. The number of halogens is 1. The molecule has 0 spiro atoms. The number of hydrogen-bond acceptors (Lipinski definition) is 4. The highest BCUT2D eigenvalue weighted by Gasteiger charge is 2.15. The third kappa shape index (κ3) is 6.54. The van der Waals surface area contributed by atoms with Crippen molar-refractivity contribution in [3.8, 4) is 0 Å². The van der Waals surface area contributed by atoms with E-state index in [2.05, 4.69) is 4.98 Å². The van der Waals surface area contributed by atoms with E-state index in [1.54, 1.807) is 12.3 Å². The van der Waals surface area contributed by atoms with Gasteiger partial charge in [-0.25, -0.2) is 4.98 Å². The van der Waals surface area contributed by atoms with Crippen LogP contribution in [0.15, 0.2) is 18.3 Å². The Hall–Kier alpha value is -0.740. The van der Waals surface area contributed by atoms with Crippen LogP contribution >= 0.6 is 23.4 Å². The van der Waals surface area contributed by atoms with Crippen LogP contribution in [-0.2, 0) is 15.3 Å². The van der Waals surface area contributed by atoms with Gasteiger partial charge >= 0.3 is 5.97 Å². The molecule has 0 atom stereocenters. The molecule has 0 bridgehead atoms. The lowest BCUT2D eigenvalue weighted by Crippen LogP contribution is -2.24. The smallest absolute Gasteiger partial charge is 0.316 e. The van der Waals surface area contributed by atoms with E-state index in [-0.39, 0.29) is 5.97 Å². The molecule has 0 saturated carbocycles. The van der Waals surface area contributed by atoms with E-state index in [0.717, 1.165) is 11.3 Å². The van der Waals surface area contributed by atoms with E-state index in [9.17, 15) is 4.79 Å². The number of aromatic nitrogens is 1. The first-order chi connectivity index (χ1) is 7.87. The lowest BCUT2D eigenvalue weighted by Gasteiger charge is -2.19. The summed E-state index contributed by atoms with van der Waals surface area (Å²) < 4.78 is 5.20. The molecule has 0 radical (unpaired) electrons. The van der Waals surface area contributed by atoms with Crippen molar-refractivity contribution < 1.29 is 9.53 Å². The summed E-state index contributed by atoms with van der Waals surface area (Å²) in [5.41, 5.74) is 0.627. The van der Waals surface area contributed by atoms with E-state index in [1.165, 1.54) is 11.8 Å². The molecule has 0 aliphatic rings. The van der Waals surface area contributed by atoms with Crippen LogP contribution in [0.3, 0.4) is 0 Å². The molecule has 0 unspecified atom stereocenters. The number of rotatable bonds is 4. The zero-order chi connectivity index (χ0) is 12.9. The fourth-order valence-electron chi connectivity index (χ4n) is 1.12. The zero-order valence-electron chi connectivity index (χ0n) is 10.2. The maximum absolute atomic E-state index is 11.4. The Labute approximate surface area is 111 Å². The van der Waals surface area contributed by atoms with Crippen LogP contribution in [0.4, 0.5) is 0 Å². The van der Waals surface area contributed by atoms with Crippen molar-refractivity contribution in [3.05, 3.63) is 29.0 Å². The predicted octanol–water partition coefficient (Wildman–Crippen LogP) is 3.31. The van der Waals surface area contributed by atoms with Gasteiger partial charge in [0, 0.05) is 11.9 Å². The number of nitrogens with zero attached hydrogens (tertiary/aromatic N) is 1. The van der Waals surface area contributed by atoms with Gasteiger partial charge in [-0.2, -0.15) is 0 Å². The molecule has 3 nitrogen and oxygen atoms in total. The van der Waals surface area contributed by atoms with Crippen molar-refractivity contribution >= 4 is 29.3 Å². The number of pyridine rings is 1. The summed E-state index contributed by atoms with van der Waals surface area (Å²) in [4.78, 5) is 15.4. The van der Waals surface area contributed by atoms with Crippen molar-refractivity contribution in [1.82, 2.24) is 4.98 Å². The lowest BCUT2D eigenvalue weighted by atomic mass is 10.2. The molecule has 0 aliphatic carbocycles. The minimum absolute atomic E-state index is 0.190. The molecule has 1 heterocycles. The molecule has 0 aromatic carbocycles. The molecule has 1 rings (SSSR count). The highest BCUT2D eigenvalue weighted by Crippen LogP contribution is 2.15. The van der Waals surface area contributed by atoms with Crippen LogP contribution in [0.25, 0.3) is 0 Å². The summed E-state index contributed by atoms with van der Waals surface area (Å²) in [6.45, 7) is 5.58. The number of carbonyl (C=O) groups is 1. The first kappa shape index (κ1) is 14.3. The minimum Gasteiger partial charge on any atom is -0.459 e. The van der Waals surface area contributed by atoms with Crippen LogP contribution in [0.2, 0.25) is 5.15 Å². The van der Waals surface area contributed by atoms with E-state index < -0.39 is 5.60 Å². The molecule has 1 aromatic rings. The lowest BCUT2D eigenvalue weighted by molar-refractivity contribution is -0.151. The second-order valence-corrected chi connectivity index (χ2v) is 5.94. The van der Waals surface area contributed by atoms with Crippen molar-refractivity contribution in [3.63, 3.8) is 0 Å². The van der Waals surface area contributed by atoms with Gasteiger partial charge in [0.25, 0.3) is 0 Å². The summed E-state index contributed by atoms with van der Waals surface area (Å²) in [6.07, 6.45) is 1.71. The number of esters is 1. The quantitative estimate of drug-likeness (QED) is 0.623. The summed E-state index contributed by atoms with van der Waals surface area (Å²) in [5.74, 6) is 0.882. The Morgan fingerprint density at radius 3 is 2.71 bits per heavy atom. The fraction of sp³-hybridized carbons (Fsp3) is 0.500. The van der Waals surface area contributed by atoms with E-state index in [1.807, 2.05) is 26.8 Å². The Balaban J connectivity index is 2.28. The first-order valence-electron chi connectivity index (χ1n) is 5.27. The van der Waals surface area contributed by atoms with Crippen LogP contribution < -0.4 is 0 Å². The average molecular weight is 274 g/mol. The number of carbonyl (C=O) groups excluding carboxylic acids is 1. The molecule has 0 amide bonds. The minimum atomic E-state index is -0.417. The summed E-state index contributed by atoms with van der Waals surface area (Å²) in [5, 5.41) is 0.478. The van der Waals surface area contributed by atoms with Crippen LogP contribution in [-0.4, -0.2) is 22.3 Å². The van der Waals surface area contributed by atoms with Crippen molar-refractivity contribution in [2.24, 2.45) is 0 Å². The molecule has 0 aliphatic heterocycles. The Bertz CT molecular complexity index is 373. The SMILES string of the molecule is CC(C)(C)OC(=O)CSCc1ccc(Cl)nc1. The first-order valence-corrected chi connectivity index (χ1v) is 6.80. The molecule has 17 heavy (non-hydrogen) atoms. The standard InChI is InChI=1S/C12H16ClNO2S/c1-12(2,3)16-11(15)8-17-7-9-4-5-10(13)14-6-9/h4-6H,7-8H2,1-3H3. The molecular formula is C12H16ClNO2S. The monoisotopic (exact) mass is 273 g/mol. The molecule has 0 saturated heterocycles. The van der Waals surface area contributed by atoms with E-state index >= 15 is 0 Å². The fourth-order valence-corrected chi connectivity index (χ4v) is 1.96. The molecule has 0 fully saturated rings. The van der Waals surface area contributed by atoms with Gasteiger partial charge in [0.05, 0.1) is 5.75 Å². The third-order valence-electron chi connectivity index (χ3n) is 1.70. The molecule has 94 valence electrons. The highest BCUT2D eigenvalue weighted by molar-refractivity contribution is 7.99. The van der Waals surface area contributed by atoms with Gasteiger partial charge in [-0.15, -0.1) is 11.8 Å². The van der Waals surface area contributed by atoms with Crippen LogP contribution in [0.5, 0.6) is 0 Å². The number of thioether (sulfide) groups is 1.